The fourth-order valence-corrected chi connectivity index (χ4v) is 2.95. The fraction of sp³-hybridized carbons (Fsp3) is 0.533. The van der Waals surface area contributed by atoms with E-state index in [1.807, 2.05) is 12.1 Å². The van der Waals surface area contributed by atoms with Crippen molar-refractivity contribution in [2.75, 3.05) is 18.0 Å². The molecule has 1 saturated carbocycles. The molecule has 6 heteroatoms. The van der Waals surface area contributed by atoms with Gasteiger partial charge in [-0.05, 0) is 44.4 Å². The highest BCUT2D eigenvalue weighted by atomic mass is 16.6. The summed E-state index contributed by atoms with van der Waals surface area (Å²) in [5.41, 5.74) is 0.885. The Morgan fingerprint density at radius 1 is 1.43 bits per heavy atom. The van der Waals surface area contributed by atoms with Gasteiger partial charge in [0, 0.05) is 30.4 Å². The third-order valence-electron chi connectivity index (χ3n) is 4.20. The summed E-state index contributed by atoms with van der Waals surface area (Å²) < 4.78 is 0. The number of nitrogens with zero attached hydrogens (tertiary/aromatic N) is 3. The van der Waals surface area contributed by atoms with E-state index in [1.54, 1.807) is 12.1 Å². The number of nitriles is 1. The van der Waals surface area contributed by atoms with Gasteiger partial charge in [0.05, 0.1) is 4.92 Å². The Morgan fingerprint density at radius 3 is 2.81 bits per heavy atom. The molecule has 1 heterocycles. The zero-order valence-corrected chi connectivity index (χ0v) is 11.8. The lowest BCUT2D eigenvalue weighted by Gasteiger charge is -2.28. The first-order valence-corrected chi connectivity index (χ1v) is 7.37. The second-order valence-corrected chi connectivity index (χ2v) is 5.75. The Balaban J connectivity index is 1.86. The monoisotopic (exact) mass is 286 g/mol. The predicted octanol–water partition coefficient (Wildman–Crippen LogP) is 2.19. The maximum atomic E-state index is 11.1. The van der Waals surface area contributed by atoms with Gasteiger partial charge >= 0.3 is 0 Å². The molecule has 1 aromatic carbocycles. The molecule has 110 valence electrons. The zero-order chi connectivity index (χ0) is 14.8. The van der Waals surface area contributed by atoms with Gasteiger partial charge in [0.25, 0.3) is 5.69 Å². The first-order chi connectivity index (χ1) is 10.2. The van der Waals surface area contributed by atoms with Crippen molar-refractivity contribution in [1.82, 2.24) is 5.32 Å². The molecule has 1 aliphatic heterocycles. The molecule has 1 aliphatic carbocycles. The van der Waals surface area contributed by atoms with Crippen LogP contribution in [0.5, 0.6) is 0 Å². The maximum absolute atomic E-state index is 11.1. The van der Waals surface area contributed by atoms with Crippen LogP contribution in [0.3, 0.4) is 0 Å². The average molecular weight is 286 g/mol. The van der Waals surface area contributed by atoms with Crippen molar-refractivity contribution in [2.45, 2.75) is 37.8 Å². The SMILES string of the molecule is N#Cc1ccc(N(CC2CCCN2)C2CC2)cc1[N+](=O)[O-]. The summed E-state index contributed by atoms with van der Waals surface area (Å²) in [7, 11) is 0. The minimum Gasteiger partial charge on any atom is -0.367 e. The van der Waals surface area contributed by atoms with Gasteiger partial charge in [0.1, 0.15) is 11.6 Å². The minimum atomic E-state index is -0.471. The Bertz CT molecular complexity index is 586. The van der Waals surface area contributed by atoms with Crippen molar-refractivity contribution >= 4 is 11.4 Å². The van der Waals surface area contributed by atoms with Gasteiger partial charge in [-0.3, -0.25) is 10.1 Å². The van der Waals surface area contributed by atoms with Gasteiger partial charge in [-0.2, -0.15) is 5.26 Å². The number of rotatable bonds is 5. The van der Waals surface area contributed by atoms with Crippen LogP contribution >= 0.6 is 0 Å². The molecule has 2 aliphatic rings. The molecule has 0 spiro atoms. The van der Waals surface area contributed by atoms with Gasteiger partial charge in [-0.15, -0.1) is 0 Å². The number of hydrogen-bond acceptors (Lipinski definition) is 5. The molecule has 1 saturated heterocycles. The predicted molar refractivity (Wildman–Crippen MR) is 79.2 cm³/mol. The van der Waals surface area contributed by atoms with Crippen LogP contribution in [-0.2, 0) is 0 Å². The van der Waals surface area contributed by atoms with E-state index in [9.17, 15) is 10.1 Å². The van der Waals surface area contributed by atoms with Gasteiger partial charge in [0.15, 0.2) is 0 Å². The van der Waals surface area contributed by atoms with Crippen molar-refractivity contribution in [2.24, 2.45) is 0 Å². The second-order valence-electron chi connectivity index (χ2n) is 5.75. The molecule has 0 radical (unpaired) electrons. The molecule has 1 unspecified atom stereocenters. The molecule has 1 atom stereocenters. The molecule has 3 rings (SSSR count). The molecule has 2 fully saturated rings. The number of benzene rings is 1. The normalized spacial score (nSPS) is 21.0. The minimum absolute atomic E-state index is 0.0972. The summed E-state index contributed by atoms with van der Waals surface area (Å²) in [5.74, 6) is 0. The van der Waals surface area contributed by atoms with E-state index in [-0.39, 0.29) is 11.3 Å². The summed E-state index contributed by atoms with van der Waals surface area (Å²) in [4.78, 5) is 12.9. The smallest absolute Gasteiger partial charge is 0.289 e. The number of nitro benzene ring substituents is 1. The van der Waals surface area contributed by atoms with Crippen molar-refractivity contribution in [3.8, 4) is 6.07 Å². The summed E-state index contributed by atoms with van der Waals surface area (Å²) in [6, 6.07) is 7.77. The van der Waals surface area contributed by atoms with Crippen LogP contribution in [0.2, 0.25) is 0 Å². The first-order valence-electron chi connectivity index (χ1n) is 7.37. The van der Waals surface area contributed by atoms with Crippen LogP contribution in [0.1, 0.15) is 31.2 Å². The van der Waals surface area contributed by atoms with E-state index in [4.69, 9.17) is 5.26 Å². The molecule has 0 aromatic heterocycles. The van der Waals surface area contributed by atoms with E-state index in [2.05, 4.69) is 10.2 Å². The largest absolute Gasteiger partial charge is 0.367 e. The number of hydrogen-bond donors (Lipinski definition) is 1. The lowest BCUT2D eigenvalue weighted by Crippen LogP contribution is -2.39. The standard InChI is InChI=1S/C15H18N4O2/c16-9-11-3-4-14(8-15(11)19(20)21)18(13-5-6-13)10-12-2-1-7-17-12/h3-4,8,12-13,17H,1-2,5-7,10H2. The molecule has 1 N–H and O–H groups in total. The van der Waals surface area contributed by atoms with Crippen LogP contribution < -0.4 is 10.2 Å². The third-order valence-corrected chi connectivity index (χ3v) is 4.20. The molecular weight excluding hydrogens is 268 g/mol. The Kier molecular flexibility index (Phi) is 3.76. The summed E-state index contributed by atoms with van der Waals surface area (Å²) >= 11 is 0. The van der Waals surface area contributed by atoms with Crippen molar-refractivity contribution < 1.29 is 4.92 Å². The summed E-state index contributed by atoms with van der Waals surface area (Å²) in [5, 5.41) is 23.6. The van der Waals surface area contributed by atoms with E-state index in [1.165, 1.54) is 6.42 Å². The Labute approximate surface area is 123 Å². The van der Waals surface area contributed by atoms with E-state index >= 15 is 0 Å². The molecule has 0 amide bonds. The number of anilines is 1. The third kappa shape index (κ3) is 2.98. The van der Waals surface area contributed by atoms with Crippen LogP contribution in [0.15, 0.2) is 18.2 Å². The van der Waals surface area contributed by atoms with E-state index in [0.717, 1.165) is 38.0 Å². The van der Waals surface area contributed by atoms with Crippen LogP contribution in [0.4, 0.5) is 11.4 Å². The van der Waals surface area contributed by atoms with Crippen molar-refractivity contribution in [3.63, 3.8) is 0 Å². The topological polar surface area (TPSA) is 82.2 Å². The van der Waals surface area contributed by atoms with Gasteiger partial charge in [-0.25, -0.2) is 0 Å². The van der Waals surface area contributed by atoms with E-state index in [0.29, 0.717) is 12.1 Å². The highest BCUT2D eigenvalue weighted by Gasteiger charge is 2.32. The number of nitro groups is 1. The highest BCUT2D eigenvalue weighted by Crippen LogP contribution is 2.34. The second kappa shape index (κ2) is 5.70. The maximum Gasteiger partial charge on any atom is 0.289 e. The van der Waals surface area contributed by atoms with Gasteiger partial charge in [-0.1, -0.05) is 0 Å². The van der Waals surface area contributed by atoms with Crippen LogP contribution in [0, 0.1) is 21.4 Å². The van der Waals surface area contributed by atoms with Crippen molar-refractivity contribution in [1.29, 1.82) is 5.26 Å². The first kappa shape index (κ1) is 13.8. The molecule has 6 nitrogen and oxygen atoms in total. The van der Waals surface area contributed by atoms with Crippen molar-refractivity contribution in [3.05, 3.63) is 33.9 Å². The van der Waals surface area contributed by atoms with E-state index < -0.39 is 4.92 Å². The summed E-state index contributed by atoms with van der Waals surface area (Å²) in [6.45, 7) is 1.93. The van der Waals surface area contributed by atoms with Crippen LogP contribution in [0.25, 0.3) is 0 Å². The lowest BCUT2D eigenvalue weighted by atomic mass is 10.1. The molecule has 21 heavy (non-hydrogen) atoms. The highest BCUT2D eigenvalue weighted by molar-refractivity contribution is 5.61. The van der Waals surface area contributed by atoms with Gasteiger partial charge in [0.2, 0.25) is 0 Å². The van der Waals surface area contributed by atoms with Crippen LogP contribution in [-0.4, -0.2) is 30.1 Å². The molecular formula is C15H18N4O2. The van der Waals surface area contributed by atoms with Gasteiger partial charge < -0.3 is 10.2 Å². The zero-order valence-electron chi connectivity index (χ0n) is 11.8. The lowest BCUT2D eigenvalue weighted by molar-refractivity contribution is -0.385. The fourth-order valence-electron chi connectivity index (χ4n) is 2.95. The number of nitrogens with one attached hydrogen (secondary N) is 1. The Morgan fingerprint density at radius 2 is 2.24 bits per heavy atom. The summed E-state index contributed by atoms with van der Waals surface area (Å²) in [6.07, 6.45) is 4.62. The quantitative estimate of drug-likeness (QED) is 0.662. The molecule has 0 bridgehead atoms. The average Bonchev–Trinajstić information content (AvgIpc) is 3.20. The Hall–Kier alpha value is -2.13. The molecule has 1 aromatic rings.